The fourth-order valence-corrected chi connectivity index (χ4v) is 2.93. The first-order chi connectivity index (χ1) is 9.68. The number of aromatic nitrogens is 2. The van der Waals surface area contributed by atoms with E-state index in [9.17, 15) is 9.90 Å². The highest BCUT2D eigenvalue weighted by molar-refractivity contribution is 6.13. The average molecular weight is 265 g/mol. The summed E-state index contributed by atoms with van der Waals surface area (Å²) in [5, 5.41) is 11.5. The molecule has 4 rings (SSSR count). The highest BCUT2D eigenvalue weighted by atomic mass is 16.4. The van der Waals surface area contributed by atoms with Gasteiger partial charge in [0.2, 0.25) is 0 Å². The molecule has 1 aromatic carbocycles. The van der Waals surface area contributed by atoms with Crippen LogP contribution in [0.5, 0.6) is 0 Å². The topological polar surface area (TPSA) is 81.1 Å². The first-order valence-corrected chi connectivity index (χ1v) is 6.26. The third-order valence-corrected chi connectivity index (χ3v) is 3.83. The molecule has 2 aromatic heterocycles. The molecule has 0 unspecified atom stereocenters. The number of aliphatic carboxylic acids is 1. The normalized spacial score (nSPS) is 14.2. The zero-order valence-electron chi connectivity index (χ0n) is 10.5. The van der Waals surface area contributed by atoms with Crippen LogP contribution in [0.4, 0.5) is 0 Å². The lowest BCUT2D eigenvalue weighted by Gasteiger charge is -2.18. The minimum Gasteiger partial charge on any atom is -0.478 e. The van der Waals surface area contributed by atoms with Crippen molar-refractivity contribution in [1.82, 2.24) is 9.55 Å². The second-order valence-electron chi connectivity index (χ2n) is 4.86. The maximum atomic E-state index is 11.4. The zero-order chi connectivity index (χ0) is 13.9. The van der Waals surface area contributed by atoms with Crippen LogP contribution in [0.3, 0.4) is 0 Å². The van der Waals surface area contributed by atoms with Gasteiger partial charge in [-0.15, -0.1) is 0 Å². The number of hydrogen-bond acceptors (Lipinski definition) is 3. The molecule has 3 heterocycles. The number of pyridine rings is 1. The van der Waals surface area contributed by atoms with Gasteiger partial charge in [-0.2, -0.15) is 0 Å². The quantitative estimate of drug-likeness (QED) is 0.704. The molecule has 0 radical (unpaired) electrons. The largest absolute Gasteiger partial charge is 0.478 e. The fourth-order valence-electron chi connectivity index (χ4n) is 2.93. The molecule has 0 atom stereocenters. The van der Waals surface area contributed by atoms with E-state index in [1.54, 1.807) is 6.20 Å². The Morgan fingerprint density at radius 3 is 2.85 bits per heavy atom. The Morgan fingerprint density at radius 1 is 1.25 bits per heavy atom. The molecule has 0 saturated heterocycles. The van der Waals surface area contributed by atoms with Crippen LogP contribution in [0.2, 0.25) is 0 Å². The number of carbonyl (C=O) groups is 1. The first kappa shape index (κ1) is 11.0. The average Bonchev–Trinajstić information content (AvgIpc) is 2.78. The maximum absolute atomic E-state index is 11.4. The lowest BCUT2D eigenvalue weighted by Crippen LogP contribution is -2.20. The predicted molar refractivity (Wildman–Crippen MR) is 76.0 cm³/mol. The summed E-state index contributed by atoms with van der Waals surface area (Å²) in [4.78, 5) is 15.7. The van der Waals surface area contributed by atoms with Crippen molar-refractivity contribution in [2.75, 3.05) is 0 Å². The van der Waals surface area contributed by atoms with Crippen LogP contribution in [0, 0.1) is 0 Å². The smallest absolute Gasteiger partial charge is 0.335 e. The van der Waals surface area contributed by atoms with Crippen LogP contribution in [-0.4, -0.2) is 20.6 Å². The molecule has 3 N–H and O–H groups in total. The summed E-state index contributed by atoms with van der Waals surface area (Å²) in [5.74, 6) is -0.996. The van der Waals surface area contributed by atoms with Gasteiger partial charge in [0, 0.05) is 22.5 Å². The van der Waals surface area contributed by atoms with Crippen molar-refractivity contribution in [3.05, 3.63) is 47.8 Å². The summed E-state index contributed by atoms with van der Waals surface area (Å²) in [6, 6.07) is 9.87. The third kappa shape index (κ3) is 1.21. The van der Waals surface area contributed by atoms with Crippen LogP contribution in [0.25, 0.3) is 27.5 Å². The lowest BCUT2D eigenvalue weighted by molar-refractivity contribution is -0.132. The number of rotatable bonds is 1. The molecular formula is C15H11N3O2. The van der Waals surface area contributed by atoms with Crippen molar-refractivity contribution in [2.24, 2.45) is 5.73 Å². The molecule has 5 heteroatoms. The molecule has 3 aromatic rings. The van der Waals surface area contributed by atoms with E-state index in [2.05, 4.69) is 4.98 Å². The zero-order valence-corrected chi connectivity index (χ0v) is 10.5. The van der Waals surface area contributed by atoms with E-state index >= 15 is 0 Å². The number of nitrogens with zero attached hydrogens (tertiary/aromatic N) is 2. The van der Waals surface area contributed by atoms with Crippen LogP contribution in [0.1, 0.15) is 5.69 Å². The van der Waals surface area contributed by atoms with Crippen LogP contribution in [0.15, 0.2) is 42.1 Å². The molecule has 5 nitrogen and oxygen atoms in total. The summed E-state index contributed by atoms with van der Waals surface area (Å²) in [7, 11) is 0. The number of carboxylic acid groups (broad SMARTS) is 1. The SMILES string of the molecule is NC1=C(C(=O)O)Cn2c3ccccc3c3ccnc1c32. The molecule has 0 saturated carbocycles. The molecule has 0 fully saturated rings. The summed E-state index contributed by atoms with van der Waals surface area (Å²) < 4.78 is 1.98. The maximum Gasteiger partial charge on any atom is 0.335 e. The Labute approximate surface area is 113 Å². The van der Waals surface area contributed by atoms with Crippen molar-refractivity contribution in [2.45, 2.75) is 6.54 Å². The van der Waals surface area contributed by atoms with E-state index in [1.165, 1.54) is 0 Å². The Kier molecular flexibility index (Phi) is 1.99. The van der Waals surface area contributed by atoms with E-state index < -0.39 is 5.97 Å². The van der Waals surface area contributed by atoms with Gasteiger partial charge < -0.3 is 15.4 Å². The fraction of sp³-hybridized carbons (Fsp3) is 0.0667. The van der Waals surface area contributed by atoms with Crippen molar-refractivity contribution in [3.63, 3.8) is 0 Å². The highest BCUT2D eigenvalue weighted by Gasteiger charge is 2.26. The van der Waals surface area contributed by atoms with Crippen molar-refractivity contribution in [1.29, 1.82) is 0 Å². The summed E-state index contributed by atoms with van der Waals surface area (Å²) in [5.41, 5.74) is 8.92. The van der Waals surface area contributed by atoms with E-state index in [0.717, 1.165) is 21.8 Å². The number of para-hydroxylation sites is 1. The van der Waals surface area contributed by atoms with Crippen molar-refractivity contribution in [3.8, 4) is 0 Å². The van der Waals surface area contributed by atoms with Gasteiger partial charge in [0.05, 0.1) is 23.3 Å². The van der Waals surface area contributed by atoms with E-state index in [4.69, 9.17) is 5.73 Å². The monoisotopic (exact) mass is 265 g/mol. The van der Waals surface area contributed by atoms with Gasteiger partial charge in [-0.05, 0) is 12.1 Å². The number of hydrogen-bond donors (Lipinski definition) is 2. The number of nitrogens with two attached hydrogens (primary N) is 1. The summed E-state index contributed by atoms with van der Waals surface area (Å²) in [6.07, 6.45) is 1.67. The van der Waals surface area contributed by atoms with Gasteiger partial charge in [-0.3, -0.25) is 4.98 Å². The van der Waals surface area contributed by atoms with E-state index in [0.29, 0.717) is 5.69 Å². The van der Waals surface area contributed by atoms with Gasteiger partial charge in [-0.1, -0.05) is 18.2 Å². The molecule has 20 heavy (non-hydrogen) atoms. The van der Waals surface area contributed by atoms with Crippen LogP contribution < -0.4 is 5.73 Å². The van der Waals surface area contributed by atoms with E-state index in [-0.39, 0.29) is 17.8 Å². The van der Waals surface area contributed by atoms with Gasteiger partial charge in [-0.25, -0.2) is 4.79 Å². The van der Waals surface area contributed by atoms with Gasteiger partial charge >= 0.3 is 5.97 Å². The Morgan fingerprint density at radius 2 is 2.05 bits per heavy atom. The molecule has 0 spiro atoms. The van der Waals surface area contributed by atoms with Crippen molar-refractivity contribution < 1.29 is 9.90 Å². The minimum atomic E-state index is -0.996. The Hall–Kier alpha value is -2.82. The van der Waals surface area contributed by atoms with Crippen molar-refractivity contribution >= 4 is 33.5 Å². The number of fused-ring (bicyclic) bond motifs is 3. The second-order valence-corrected chi connectivity index (χ2v) is 4.86. The number of benzene rings is 1. The second kappa shape index (κ2) is 3.60. The van der Waals surface area contributed by atoms with Crippen LogP contribution in [-0.2, 0) is 11.3 Å². The standard InChI is InChI=1S/C15H11N3O2/c16-12-10(15(19)20)7-18-11-4-2-1-3-8(11)9-5-6-17-13(12)14(9)18/h1-6H,7,16H2,(H,19,20). The Balaban J connectivity index is 2.22. The van der Waals surface area contributed by atoms with Crippen LogP contribution >= 0.6 is 0 Å². The van der Waals surface area contributed by atoms with Gasteiger partial charge in [0.15, 0.2) is 0 Å². The molecule has 0 bridgehead atoms. The Bertz CT molecular complexity index is 921. The van der Waals surface area contributed by atoms with Gasteiger partial charge in [0.1, 0.15) is 5.69 Å². The predicted octanol–water partition coefficient (Wildman–Crippen LogP) is 1.96. The molecule has 1 aliphatic heterocycles. The molecule has 0 aliphatic carbocycles. The minimum absolute atomic E-state index is 0.193. The molecule has 0 amide bonds. The van der Waals surface area contributed by atoms with E-state index in [1.807, 2.05) is 34.9 Å². The lowest BCUT2D eigenvalue weighted by atomic mass is 10.1. The molecule has 1 aliphatic rings. The first-order valence-electron chi connectivity index (χ1n) is 6.26. The molecule has 98 valence electrons. The summed E-state index contributed by atoms with van der Waals surface area (Å²) in [6.45, 7) is 0.268. The number of carboxylic acids is 1. The molecular weight excluding hydrogens is 254 g/mol. The summed E-state index contributed by atoms with van der Waals surface area (Å²) >= 11 is 0. The third-order valence-electron chi connectivity index (χ3n) is 3.83. The van der Waals surface area contributed by atoms with Gasteiger partial charge in [0.25, 0.3) is 0 Å². The highest BCUT2D eigenvalue weighted by Crippen LogP contribution is 2.36.